The number of ether oxygens (including phenoxy) is 1. The quantitative estimate of drug-likeness (QED) is 0.747. The number of hydrogen-bond acceptors (Lipinski definition) is 3. The van der Waals surface area contributed by atoms with Gasteiger partial charge in [-0.15, -0.1) is 0 Å². The van der Waals surface area contributed by atoms with E-state index in [-0.39, 0.29) is 24.4 Å². The second-order valence-electron chi connectivity index (χ2n) is 4.93. The highest BCUT2D eigenvalue weighted by Gasteiger charge is 2.28. The fourth-order valence-corrected chi connectivity index (χ4v) is 2.46. The minimum absolute atomic E-state index is 0.00726. The molecular formula is C12H20N2O3. The van der Waals surface area contributed by atoms with Crippen LogP contribution in [-0.2, 0) is 14.3 Å². The Labute approximate surface area is 101 Å². The van der Waals surface area contributed by atoms with Crippen molar-refractivity contribution >= 4 is 11.8 Å². The van der Waals surface area contributed by atoms with E-state index in [4.69, 9.17) is 4.74 Å². The van der Waals surface area contributed by atoms with Crippen LogP contribution in [0.5, 0.6) is 0 Å². The van der Waals surface area contributed by atoms with Gasteiger partial charge in [0.15, 0.2) is 0 Å². The van der Waals surface area contributed by atoms with E-state index in [2.05, 4.69) is 5.32 Å². The van der Waals surface area contributed by atoms with Crippen molar-refractivity contribution in [3.63, 3.8) is 0 Å². The fourth-order valence-electron chi connectivity index (χ4n) is 2.46. The molecule has 2 rings (SSSR count). The normalized spacial score (nSPS) is 27.8. The predicted molar refractivity (Wildman–Crippen MR) is 62.3 cm³/mol. The number of rotatable bonds is 2. The summed E-state index contributed by atoms with van der Waals surface area (Å²) in [6.07, 6.45) is 2.44. The lowest BCUT2D eigenvalue weighted by Crippen LogP contribution is -2.43. The zero-order valence-electron chi connectivity index (χ0n) is 10.3. The van der Waals surface area contributed by atoms with Gasteiger partial charge in [-0.05, 0) is 25.7 Å². The molecule has 1 N–H and O–H groups in total. The molecule has 0 aliphatic carbocycles. The second-order valence-corrected chi connectivity index (χ2v) is 4.93. The zero-order valence-corrected chi connectivity index (χ0v) is 10.3. The van der Waals surface area contributed by atoms with Crippen molar-refractivity contribution in [3.8, 4) is 0 Å². The minimum Gasteiger partial charge on any atom is -0.381 e. The summed E-state index contributed by atoms with van der Waals surface area (Å²) in [5.41, 5.74) is 0. The van der Waals surface area contributed by atoms with Gasteiger partial charge in [-0.3, -0.25) is 9.59 Å². The zero-order chi connectivity index (χ0) is 12.3. The van der Waals surface area contributed by atoms with Gasteiger partial charge in [0.05, 0.1) is 6.54 Å². The molecule has 2 amide bonds. The Morgan fingerprint density at radius 1 is 1.35 bits per heavy atom. The average Bonchev–Trinajstić information content (AvgIpc) is 2.44. The summed E-state index contributed by atoms with van der Waals surface area (Å²) in [5, 5.41) is 2.64. The first-order valence-corrected chi connectivity index (χ1v) is 6.30. The van der Waals surface area contributed by atoms with E-state index in [0.29, 0.717) is 12.3 Å². The molecule has 0 bridgehead atoms. The van der Waals surface area contributed by atoms with Crippen molar-refractivity contribution in [1.29, 1.82) is 0 Å². The first-order valence-electron chi connectivity index (χ1n) is 6.30. The van der Waals surface area contributed by atoms with Crippen LogP contribution in [0.4, 0.5) is 0 Å². The lowest BCUT2D eigenvalue weighted by atomic mass is 9.98. The number of amides is 2. The topological polar surface area (TPSA) is 58.6 Å². The summed E-state index contributed by atoms with van der Waals surface area (Å²) in [4.78, 5) is 25.1. The maximum atomic E-state index is 11.9. The molecule has 0 aromatic heterocycles. The molecule has 0 aromatic carbocycles. The summed E-state index contributed by atoms with van der Waals surface area (Å²) in [7, 11) is 0. The molecule has 5 heteroatoms. The molecule has 96 valence electrons. The number of hydrogen-bond donors (Lipinski definition) is 1. The van der Waals surface area contributed by atoms with Gasteiger partial charge in [-0.2, -0.15) is 0 Å². The summed E-state index contributed by atoms with van der Waals surface area (Å²) in [6.45, 7) is 4.43. The number of carbonyl (C=O) groups is 2. The van der Waals surface area contributed by atoms with Gasteiger partial charge >= 0.3 is 0 Å². The van der Waals surface area contributed by atoms with E-state index in [1.54, 1.807) is 0 Å². The first-order chi connectivity index (χ1) is 8.16. The average molecular weight is 240 g/mol. The van der Waals surface area contributed by atoms with Crippen LogP contribution in [0, 0.1) is 5.92 Å². The predicted octanol–water partition coefficient (Wildman–Crippen LogP) is 0.150. The van der Waals surface area contributed by atoms with Crippen LogP contribution in [0.3, 0.4) is 0 Å². The van der Waals surface area contributed by atoms with Gasteiger partial charge in [0, 0.05) is 32.2 Å². The third kappa shape index (κ3) is 3.19. The van der Waals surface area contributed by atoms with Gasteiger partial charge in [-0.25, -0.2) is 0 Å². The van der Waals surface area contributed by atoms with Crippen LogP contribution < -0.4 is 5.32 Å². The number of carbonyl (C=O) groups excluding carboxylic acids is 2. The standard InChI is InChI=1S/C12H20N2O3/c1-9-6-11(15)13-7-12(16)14(9)8-10-2-4-17-5-3-10/h9-10H,2-8H2,1H3,(H,13,15). The summed E-state index contributed by atoms with van der Waals surface area (Å²) >= 11 is 0. The molecule has 5 nitrogen and oxygen atoms in total. The monoisotopic (exact) mass is 240 g/mol. The van der Waals surface area contributed by atoms with Crippen molar-refractivity contribution in [3.05, 3.63) is 0 Å². The van der Waals surface area contributed by atoms with Crippen molar-refractivity contribution in [2.45, 2.75) is 32.2 Å². The molecule has 2 saturated heterocycles. The van der Waals surface area contributed by atoms with Crippen molar-refractivity contribution in [2.75, 3.05) is 26.3 Å². The maximum absolute atomic E-state index is 11.9. The molecule has 0 spiro atoms. The molecule has 0 radical (unpaired) electrons. The highest BCUT2D eigenvalue weighted by atomic mass is 16.5. The van der Waals surface area contributed by atoms with E-state index in [1.807, 2.05) is 11.8 Å². The molecule has 0 aromatic rings. The van der Waals surface area contributed by atoms with Gasteiger partial charge in [-0.1, -0.05) is 0 Å². The van der Waals surface area contributed by atoms with Crippen LogP contribution in [0.15, 0.2) is 0 Å². The Bertz CT molecular complexity index is 300. The Balaban J connectivity index is 1.96. The molecule has 2 aliphatic rings. The third-order valence-electron chi connectivity index (χ3n) is 3.57. The Morgan fingerprint density at radius 2 is 2.06 bits per heavy atom. The van der Waals surface area contributed by atoms with E-state index in [9.17, 15) is 9.59 Å². The van der Waals surface area contributed by atoms with E-state index >= 15 is 0 Å². The van der Waals surface area contributed by atoms with Crippen molar-refractivity contribution in [2.24, 2.45) is 5.92 Å². The van der Waals surface area contributed by atoms with Gasteiger partial charge in [0.2, 0.25) is 11.8 Å². The Morgan fingerprint density at radius 3 is 2.76 bits per heavy atom. The molecule has 1 atom stereocenters. The Hall–Kier alpha value is -1.10. The van der Waals surface area contributed by atoms with Gasteiger partial charge < -0.3 is 15.0 Å². The maximum Gasteiger partial charge on any atom is 0.242 e. The van der Waals surface area contributed by atoms with Crippen LogP contribution >= 0.6 is 0 Å². The molecule has 2 heterocycles. The largest absolute Gasteiger partial charge is 0.381 e. The van der Waals surface area contributed by atoms with Crippen LogP contribution in [0.2, 0.25) is 0 Å². The van der Waals surface area contributed by atoms with Crippen LogP contribution in [-0.4, -0.2) is 49.1 Å². The van der Waals surface area contributed by atoms with Gasteiger partial charge in [0.25, 0.3) is 0 Å². The number of nitrogens with zero attached hydrogens (tertiary/aromatic N) is 1. The third-order valence-corrected chi connectivity index (χ3v) is 3.57. The second kappa shape index (κ2) is 5.49. The van der Waals surface area contributed by atoms with Crippen molar-refractivity contribution < 1.29 is 14.3 Å². The Kier molecular flexibility index (Phi) is 3.99. The van der Waals surface area contributed by atoms with E-state index in [0.717, 1.165) is 32.6 Å². The molecule has 2 fully saturated rings. The molecule has 17 heavy (non-hydrogen) atoms. The SMILES string of the molecule is CC1CC(=O)NCC(=O)N1CC1CCOCC1. The van der Waals surface area contributed by atoms with E-state index in [1.165, 1.54) is 0 Å². The lowest BCUT2D eigenvalue weighted by Gasteiger charge is -2.32. The first kappa shape index (κ1) is 12.4. The van der Waals surface area contributed by atoms with E-state index < -0.39 is 0 Å². The summed E-state index contributed by atoms with van der Waals surface area (Å²) in [5.74, 6) is 0.526. The van der Waals surface area contributed by atoms with Crippen molar-refractivity contribution in [1.82, 2.24) is 10.2 Å². The molecule has 1 unspecified atom stereocenters. The summed E-state index contributed by atoms with van der Waals surface area (Å²) < 4.78 is 5.31. The van der Waals surface area contributed by atoms with Crippen LogP contribution in [0.1, 0.15) is 26.2 Å². The smallest absolute Gasteiger partial charge is 0.242 e. The fraction of sp³-hybridized carbons (Fsp3) is 0.833. The molecular weight excluding hydrogens is 220 g/mol. The summed E-state index contributed by atoms with van der Waals surface area (Å²) in [6, 6.07) is 0.00726. The highest BCUT2D eigenvalue weighted by molar-refractivity contribution is 5.87. The minimum atomic E-state index is -0.0275. The number of nitrogens with one attached hydrogen (secondary N) is 1. The van der Waals surface area contributed by atoms with Crippen LogP contribution in [0.25, 0.3) is 0 Å². The van der Waals surface area contributed by atoms with Gasteiger partial charge in [0.1, 0.15) is 0 Å². The lowest BCUT2D eigenvalue weighted by molar-refractivity contribution is -0.132. The highest BCUT2D eigenvalue weighted by Crippen LogP contribution is 2.19. The molecule has 2 aliphatic heterocycles. The molecule has 0 saturated carbocycles.